The maximum Gasteiger partial charge on any atom is 0.222 e. The normalized spacial score (nSPS) is 13.3. The Morgan fingerprint density at radius 3 is 2.50 bits per heavy atom. The van der Waals surface area contributed by atoms with Crippen LogP contribution in [0.3, 0.4) is 0 Å². The minimum atomic E-state index is -0.647. The Kier molecular flexibility index (Phi) is 5.69. The number of amides is 1. The van der Waals surface area contributed by atoms with E-state index in [4.69, 9.17) is 0 Å². The Balaban J connectivity index is 2.60. The van der Waals surface area contributed by atoms with Crippen molar-refractivity contribution < 1.29 is 14.3 Å². The molecule has 0 spiro atoms. The lowest BCUT2D eigenvalue weighted by Gasteiger charge is -2.26. The predicted molar refractivity (Wildman–Crippen MR) is 77.9 cm³/mol. The topological polar surface area (TPSA) is 49.3 Å². The molecule has 0 heterocycles. The molecule has 0 saturated heterocycles. The minimum absolute atomic E-state index is 0.0420. The fourth-order valence-electron chi connectivity index (χ4n) is 1.92. The third-order valence-corrected chi connectivity index (χ3v) is 3.49. The molecule has 1 amide bonds. The van der Waals surface area contributed by atoms with Crippen LogP contribution in [0.25, 0.3) is 0 Å². The Labute approximate surface area is 120 Å². The van der Waals surface area contributed by atoms with Crippen molar-refractivity contribution in [1.82, 2.24) is 5.32 Å². The number of hydrogen-bond donors (Lipinski definition) is 2. The largest absolute Gasteiger partial charge is 0.392 e. The van der Waals surface area contributed by atoms with Crippen molar-refractivity contribution in [2.24, 2.45) is 5.92 Å². The van der Waals surface area contributed by atoms with Crippen LogP contribution in [0.15, 0.2) is 24.3 Å². The smallest absolute Gasteiger partial charge is 0.222 e. The van der Waals surface area contributed by atoms with E-state index in [0.29, 0.717) is 12.1 Å². The number of aliphatic hydroxyl groups is 1. The van der Waals surface area contributed by atoms with E-state index in [0.717, 1.165) is 0 Å². The first kappa shape index (κ1) is 16.6. The van der Waals surface area contributed by atoms with Gasteiger partial charge in [-0.25, -0.2) is 4.39 Å². The summed E-state index contributed by atoms with van der Waals surface area (Å²) < 4.78 is 13.8. The molecule has 1 aromatic rings. The van der Waals surface area contributed by atoms with Crippen LogP contribution in [0.1, 0.15) is 39.7 Å². The summed E-state index contributed by atoms with van der Waals surface area (Å²) in [5.41, 5.74) is 0.0776. The van der Waals surface area contributed by atoms with Crippen LogP contribution in [0, 0.1) is 11.7 Å². The number of halogens is 1. The van der Waals surface area contributed by atoms with Crippen LogP contribution in [0.5, 0.6) is 0 Å². The molecule has 4 heteroatoms. The van der Waals surface area contributed by atoms with Crippen LogP contribution in [0.2, 0.25) is 0 Å². The standard InChI is InChI=1S/C16H24FNO2/c1-11(2)14(19)9-15(20)18-10-16(3,4)12-7-5-6-8-13(12)17/h5-8,11,14,19H,9-10H2,1-4H3,(H,18,20). The lowest BCUT2D eigenvalue weighted by Crippen LogP contribution is -2.38. The zero-order valence-electron chi connectivity index (χ0n) is 12.6. The number of hydrogen-bond acceptors (Lipinski definition) is 2. The van der Waals surface area contributed by atoms with Crippen LogP contribution in [-0.2, 0) is 10.2 Å². The third kappa shape index (κ3) is 4.60. The Bertz CT molecular complexity index is 458. The van der Waals surface area contributed by atoms with Crippen molar-refractivity contribution in [1.29, 1.82) is 0 Å². The van der Waals surface area contributed by atoms with Gasteiger partial charge >= 0.3 is 0 Å². The number of nitrogens with one attached hydrogen (secondary N) is 1. The van der Waals surface area contributed by atoms with E-state index in [-0.39, 0.29) is 24.1 Å². The number of carbonyl (C=O) groups excluding carboxylic acids is 1. The van der Waals surface area contributed by atoms with E-state index in [1.54, 1.807) is 18.2 Å². The van der Waals surface area contributed by atoms with E-state index >= 15 is 0 Å². The number of aliphatic hydroxyl groups excluding tert-OH is 1. The van der Waals surface area contributed by atoms with Gasteiger partial charge in [0.1, 0.15) is 5.82 Å². The second-order valence-electron chi connectivity index (χ2n) is 6.16. The van der Waals surface area contributed by atoms with Gasteiger partial charge in [-0.2, -0.15) is 0 Å². The van der Waals surface area contributed by atoms with Gasteiger partial charge in [0.15, 0.2) is 0 Å². The van der Waals surface area contributed by atoms with Crippen molar-refractivity contribution in [2.45, 2.75) is 45.6 Å². The molecule has 0 aliphatic carbocycles. The summed E-state index contributed by atoms with van der Waals surface area (Å²) in [4.78, 5) is 11.8. The van der Waals surface area contributed by atoms with E-state index in [1.165, 1.54) is 6.07 Å². The molecule has 2 N–H and O–H groups in total. The quantitative estimate of drug-likeness (QED) is 0.842. The first-order chi connectivity index (χ1) is 9.24. The van der Waals surface area contributed by atoms with Crippen molar-refractivity contribution in [3.8, 4) is 0 Å². The molecule has 1 rings (SSSR count). The van der Waals surface area contributed by atoms with Crippen molar-refractivity contribution in [3.05, 3.63) is 35.6 Å². The first-order valence-corrected chi connectivity index (χ1v) is 6.94. The third-order valence-electron chi connectivity index (χ3n) is 3.49. The molecule has 0 radical (unpaired) electrons. The molecular formula is C16H24FNO2. The fourth-order valence-corrected chi connectivity index (χ4v) is 1.92. The molecule has 0 aliphatic rings. The van der Waals surface area contributed by atoms with Crippen LogP contribution in [0.4, 0.5) is 4.39 Å². The lowest BCUT2D eigenvalue weighted by atomic mass is 9.84. The summed E-state index contributed by atoms with van der Waals surface area (Å²) in [6.07, 6.45) is -0.572. The maximum atomic E-state index is 13.8. The van der Waals surface area contributed by atoms with Gasteiger partial charge in [0.2, 0.25) is 5.91 Å². The fraction of sp³-hybridized carbons (Fsp3) is 0.562. The molecular weight excluding hydrogens is 257 g/mol. The van der Waals surface area contributed by atoms with E-state index in [2.05, 4.69) is 5.32 Å². The number of benzene rings is 1. The van der Waals surface area contributed by atoms with Crippen LogP contribution in [-0.4, -0.2) is 23.7 Å². The molecule has 20 heavy (non-hydrogen) atoms. The lowest BCUT2D eigenvalue weighted by molar-refractivity contribution is -0.123. The van der Waals surface area contributed by atoms with E-state index in [1.807, 2.05) is 27.7 Å². The first-order valence-electron chi connectivity index (χ1n) is 6.94. The van der Waals surface area contributed by atoms with Crippen LogP contribution >= 0.6 is 0 Å². The SMILES string of the molecule is CC(C)C(O)CC(=O)NCC(C)(C)c1ccccc1F. The molecule has 3 nitrogen and oxygen atoms in total. The van der Waals surface area contributed by atoms with Gasteiger partial charge in [-0.15, -0.1) is 0 Å². The van der Waals surface area contributed by atoms with Gasteiger partial charge in [-0.3, -0.25) is 4.79 Å². The molecule has 0 saturated carbocycles. The van der Waals surface area contributed by atoms with E-state index < -0.39 is 11.5 Å². The highest BCUT2D eigenvalue weighted by Gasteiger charge is 2.25. The summed E-state index contributed by atoms with van der Waals surface area (Å²) in [5, 5.41) is 12.4. The second kappa shape index (κ2) is 6.84. The highest BCUT2D eigenvalue weighted by atomic mass is 19.1. The van der Waals surface area contributed by atoms with Gasteiger partial charge in [0, 0.05) is 12.0 Å². The molecule has 1 atom stereocenters. The molecule has 0 aromatic heterocycles. The zero-order chi connectivity index (χ0) is 15.3. The predicted octanol–water partition coefficient (Wildman–Crippen LogP) is 2.63. The van der Waals surface area contributed by atoms with Crippen molar-refractivity contribution in [3.63, 3.8) is 0 Å². The Morgan fingerprint density at radius 1 is 1.35 bits per heavy atom. The Morgan fingerprint density at radius 2 is 1.95 bits per heavy atom. The molecule has 1 unspecified atom stereocenters. The number of carbonyl (C=O) groups is 1. The monoisotopic (exact) mass is 281 g/mol. The molecule has 1 aromatic carbocycles. The summed E-state index contributed by atoms with van der Waals surface area (Å²) in [6.45, 7) is 7.81. The average Bonchev–Trinajstić information content (AvgIpc) is 2.36. The average molecular weight is 281 g/mol. The molecule has 112 valence electrons. The van der Waals surface area contributed by atoms with Gasteiger partial charge in [0.25, 0.3) is 0 Å². The second-order valence-corrected chi connectivity index (χ2v) is 6.16. The molecule has 0 bridgehead atoms. The highest BCUT2D eigenvalue weighted by Crippen LogP contribution is 2.24. The summed E-state index contributed by atoms with van der Waals surface area (Å²) >= 11 is 0. The van der Waals surface area contributed by atoms with Gasteiger partial charge < -0.3 is 10.4 Å². The van der Waals surface area contributed by atoms with Crippen molar-refractivity contribution in [2.75, 3.05) is 6.54 Å². The maximum absolute atomic E-state index is 13.8. The zero-order valence-corrected chi connectivity index (χ0v) is 12.6. The summed E-state index contributed by atoms with van der Waals surface area (Å²) in [5.74, 6) is -0.440. The molecule has 0 aliphatic heterocycles. The minimum Gasteiger partial charge on any atom is -0.392 e. The number of rotatable bonds is 6. The van der Waals surface area contributed by atoms with Crippen LogP contribution < -0.4 is 5.32 Å². The van der Waals surface area contributed by atoms with E-state index in [9.17, 15) is 14.3 Å². The van der Waals surface area contributed by atoms with Crippen molar-refractivity contribution >= 4 is 5.91 Å². The highest BCUT2D eigenvalue weighted by molar-refractivity contribution is 5.76. The summed E-state index contributed by atoms with van der Waals surface area (Å²) in [6, 6.07) is 6.57. The molecule has 0 fully saturated rings. The summed E-state index contributed by atoms with van der Waals surface area (Å²) in [7, 11) is 0. The Hall–Kier alpha value is -1.42. The van der Waals surface area contributed by atoms with Gasteiger partial charge in [-0.05, 0) is 17.5 Å². The van der Waals surface area contributed by atoms with Gasteiger partial charge in [-0.1, -0.05) is 45.9 Å². The van der Waals surface area contributed by atoms with Gasteiger partial charge in [0.05, 0.1) is 12.5 Å².